The lowest BCUT2D eigenvalue weighted by Gasteiger charge is -2.21. The fourth-order valence-corrected chi connectivity index (χ4v) is 5.68. The maximum atomic E-state index is 6.59. The van der Waals surface area contributed by atoms with Crippen LogP contribution in [0.4, 0.5) is 0 Å². The van der Waals surface area contributed by atoms with Gasteiger partial charge in [0.15, 0.2) is 0 Å². The second-order valence-electron chi connectivity index (χ2n) is 8.55. The van der Waals surface area contributed by atoms with Crippen LogP contribution >= 0.6 is 11.3 Å². The van der Waals surface area contributed by atoms with Crippen LogP contribution in [0.2, 0.25) is 0 Å². The van der Waals surface area contributed by atoms with Gasteiger partial charge in [-0.25, -0.2) is 0 Å². The molecule has 0 unspecified atom stereocenters. The Kier molecular flexibility index (Phi) is 5.64. The fraction of sp³-hybridized carbons (Fsp3) is 0.385. The number of para-hydroxylation sites is 1. The molecule has 3 aromatic rings. The molecule has 0 amide bonds. The smallest absolute Gasteiger partial charge is 0.139 e. The van der Waals surface area contributed by atoms with E-state index >= 15 is 0 Å². The van der Waals surface area contributed by atoms with Gasteiger partial charge in [0, 0.05) is 33.1 Å². The van der Waals surface area contributed by atoms with Gasteiger partial charge >= 0.3 is 0 Å². The van der Waals surface area contributed by atoms with Gasteiger partial charge in [-0.15, -0.1) is 11.3 Å². The minimum Gasteiger partial charge on any atom is -0.456 e. The molecule has 0 saturated heterocycles. The summed E-state index contributed by atoms with van der Waals surface area (Å²) in [7, 11) is 4.21. The molecule has 0 fully saturated rings. The van der Waals surface area contributed by atoms with Gasteiger partial charge < -0.3 is 14.4 Å². The highest BCUT2D eigenvalue weighted by Gasteiger charge is 2.27. The first-order chi connectivity index (χ1) is 14.7. The Hall–Kier alpha value is -2.14. The summed E-state index contributed by atoms with van der Waals surface area (Å²) in [5, 5.41) is 0. The Labute approximate surface area is 183 Å². The van der Waals surface area contributed by atoms with E-state index in [4.69, 9.17) is 9.47 Å². The van der Waals surface area contributed by atoms with Crippen LogP contribution in [-0.4, -0.2) is 32.1 Å². The average molecular weight is 420 g/mol. The number of fused-ring (bicyclic) bond motifs is 7. The van der Waals surface area contributed by atoms with Crippen LogP contribution in [0.3, 0.4) is 0 Å². The van der Waals surface area contributed by atoms with Crippen LogP contribution in [0, 0.1) is 0 Å². The second kappa shape index (κ2) is 8.54. The second-order valence-corrected chi connectivity index (χ2v) is 9.69. The predicted octanol–water partition coefficient (Wildman–Crippen LogP) is 6.53. The number of hydrogen-bond donors (Lipinski definition) is 0. The highest BCUT2D eigenvalue weighted by Crippen LogP contribution is 2.52. The monoisotopic (exact) mass is 419 g/mol. The minimum absolute atomic E-state index is 0.675. The van der Waals surface area contributed by atoms with E-state index < -0.39 is 0 Å². The number of aryl methyl sites for hydroxylation is 1. The Morgan fingerprint density at radius 3 is 2.77 bits per heavy atom. The van der Waals surface area contributed by atoms with E-state index in [2.05, 4.69) is 61.5 Å². The quantitative estimate of drug-likeness (QED) is 0.331. The predicted molar refractivity (Wildman–Crippen MR) is 125 cm³/mol. The molecule has 156 valence electrons. The van der Waals surface area contributed by atoms with Gasteiger partial charge in [-0.05, 0) is 82.1 Å². The van der Waals surface area contributed by atoms with E-state index in [9.17, 15) is 0 Å². The molecule has 1 aliphatic carbocycles. The molecule has 4 heteroatoms. The van der Waals surface area contributed by atoms with Crippen LogP contribution in [0.1, 0.15) is 35.3 Å². The summed E-state index contributed by atoms with van der Waals surface area (Å²) in [4.78, 5) is 4.80. The van der Waals surface area contributed by atoms with E-state index in [0.717, 1.165) is 43.9 Å². The highest BCUT2D eigenvalue weighted by molar-refractivity contribution is 7.16. The molecule has 2 aliphatic rings. The van der Waals surface area contributed by atoms with Crippen LogP contribution in [0.15, 0.2) is 42.5 Å². The zero-order valence-corrected chi connectivity index (χ0v) is 18.7. The third kappa shape index (κ3) is 3.80. The van der Waals surface area contributed by atoms with Gasteiger partial charge in [-0.1, -0.05) is 24.3 Å². The number of benzene rings is 2. The van der Waals surface area contributed by atoms with Crippen molar-refractivity contribution in [2.24, 2.45) is 0 Å². The van der Waals surface area contributed by atoms with Crippen molar-refractivity contribution in [3.8, 4) is 33.1 Å². The Morgan fingerprint density at radius 2 is 1.87 bits per heavy atom. The molecule has 0 saturated carbocycles. The van der Waals surface area contributed by atoms with Crippen molar-refractivity contribution in [3.05, 3.63) is 58.5 Å². The number of hydrogen-bond acceptors (Lipinski definition) is 4. The van der Waals surface area contributed by atoms with E-state index in [1.165, 1.54) is 50.4 Å². The summed E-state index contributed by atoms with van der Waals surface area (Å²) < 4.78 is 12.6. The third-order valence-corrected chi connectivity index (χ3v) is 7.18. The molecular weight excluding hydrogens is 390 g/mol. The first-order valence-electron chi connectivity index (χ1n) is 11.0. The first kappa shape index (κ1) is 19.8. The van der Waals surface area contributed by atoms with E-state index in [0.29, 0.717) is 6.61 Å². The molecule has 0 N–H and O–H groups in total. The van der Waals surface area contributed by atoms with Crippen molar-refractivity contribution < 1.29 is 9.47 Å². The van der Waals surface area contributed by atoms with Crippen molar-refractivity contribution in [2.75, 3.05) is 27.2 Å². The van der Waals surface area contributed by atoms with Gasteiger partial charge in [-0.2, -0.15) is 0 Å². The fourth-order valence-electron chi connectivity index (χ4n) is 4.55. The average Bonchev–Trinajstić information content (AvgIpc) is 3.12. The van der Waals surface area contributed by atoms with Gasteiger partial charge in [0.25, 0.3) is 0 Å². The lowest BCUT2D eigenvalue weighted by atomic mass is 9.88. The SMILES string of the molecule is CN(C)CCCOCc1cc2c(s1)-c1ccc3c(c1Oc1ccccc1-2)CCCC3. The van der Waals surface area contributed by atoms with Crippen LogP contribution in [0.5, 0.6) is 11.5 Å². The summed E-state index contributed by atoms with van der Waals surface area (Å²) in [5.74, 6) is 2.05. The first-order valence-corrected chi connectivity index (χ1v) is 11.8. The summed E-state index contributed by atoms with van der Waals surface area (Å²) in [6.07, 6.45) is 5.86. The topological polar surface area (TPSA) is 21.7 Å². The normalized spacial score (nSPS) is 14.4. The molecule has 1 aliphatic heterocycles. The largest absolute Gasteiger partial charge is 0.456 e. The maximum absolute atomic E-state index is 6.59. The summed E-state index contributed by atoms with van der Waals surface area (Å²) >= 11 is 1.85. The molecule has 2 aromatic carbocycles. The van der Waals surface area contributed by atoms with Crippen LogP contribution in [0.25, 0.3) is 21.6 Å². The Balaban J connectivity index is 1.51. The van der Waals surface area contributed by atoms with E-state index in [1.807, 2.05) is 11.3 Å². The van der Waals surface area contributed by atoms with Crippen molar-refractivity contribution in [1.29, 1.82) is 0 Å². The molecule has 5 rings (SSSR count). The molecule has 30 heavy (non-hydrogen) atoms. The van der Waals surface area contributed by atoms with Crippen molar-refractivity contribution in [2.45, 2.75) is 38.7 Å². The van der Waals surface area contributed by atoms with Gasteiger partial charge in [0.2, 0.25) is 0 Å². The molecule has 3 nitrogen and oxygen atoms in total. The van der Waals surface area contributed by atoms with Gasteiger partial charge in [-0.3, -0.25) is 0 Å². The van der Waals surface area contributed by atoms with Crippen molar-refractivity contribution in [3.63, 3.8) is 0 Å². The van der Waals surface area contributed by atoms with Gasteiger partial charge in [0.05, 0.1) is 6.61 Å². The zero-order valence-electron chi connectivity index (χ0n) is 17.9. The molecular formula is C26H29NO2S. The van der Waals surface area contributed by atoms with Gasteiger partial charge in [0.1, 0.15) is 11.5 Å². The summed E-state index contributed by atoms with van der Waals surface area (Å²) in [5.41, 5.74) is 6.57. The minimum atomic E-state index is 0.675. The maximum Gasteiger partial charge on any atom is 0.139 e. The molecule has 1 aromatic heterocycles. The third-order valence-electron chi connectivity index (χ3n) is 6.04. The van der Waals surface area contributed by atoms with Crippen molar-refractivity contribution >= 4 is 11.3 Å². The summed E-state index contributed by atoms with van der Waals surface area (Å²) in [6, 6.07) is 15.4. The van der Waals surface area contributed by atoms with E-state index in [-0.39, 0.29) is 0 Å². The van der Waals surface area contributed by atoms with Crippen LogP contribution in [-0.2, 0) is 24.2 Å². The van der Waals surface area contributed by atoms with E-state index in [1.54, 1.807) is 0 Å². The summed E-state index contributed by atoms with van der Waals surface area (Å²) in [6.45, 7) is 2.53. The lowest BCUT2D eigenvalue weighted by Crippen LogP contribution is -2.14. The zero-order chi connectivity index (χ0) is 20.5. The molecule has 0 atom stereocenters. The number of rotatable bonds is 6. The number of nitrogens with zero attached hydrogens (tertiary/aromatic N) is 1. The number of ether oxygens (including phenoxy) is 2. The lowest BCUT2D eigenvalue weighted by molar-refractivity contribution is 0.115. The molecule has 0 radical (unpaired) electrons. The molecule has 0 bridgehead atoms. The standard InChI is InChI=1S/C26H29NO2S/c1-27(2)14-7-15-28-17-19-16-23-21-10-5-6-11-24(21)29-25-20-9-4-3-8-18(20)12-13-22(25)26(23)30-19/h5-6,10-13,16H,3-4,7-9,14-15,17H2,1-2H3. The Morgan fingerprint density at radius 1 is 1.00 bits per heavy atom. The molecule has 2 heterocycles. The molecule has 0 spiro atoms. The Bertz CT molecular complexity index is 1050. The van der Waals surface area contributed by atoms with Crippen LogP contribution < -0.4 is 4.74 Å². The van der Waals surface area contributed by atoms with Crippen molar-refractivity contribution in [1.82, 2.24) is 4.90 Å². The number of thiophene rings is 1. The highest BCUT2D eigenvalue weighted by atomic mass is 32.1.